The van der Waals surface area contributed by atoms with E-state index in [4.69, 9.17) is 32.7 Å². The second-order valence-electron chi connectivity index (χ2n) is 4.31. The van der Waals surface area contributed by atoms with Crippen LogP contribution in [0.3, 0.4) is 0 Å². The van der Waals surface area contributed by atoms with Crippen LogP contribution in [0.4, 0.5) is 0 Å². The number of methoxy groups -OCH3 is 1. The summed E-state index contributed by atoms with van der Waals surface area (Å²) in [7, 11) is 1.70. The molecule has 0 aliphatic heterocycles. The van der Waals surface area contributed by atoms with E-state index in [1.165, 1.54) is 0 Å². The summed E-state index contributed by atoms with van der Waals surface area (Å²) >= 11 is 12.0. The summed E-state index contributed by atoms with van der Waals surface area (Å²) in [6.45, 7) is 3.00. The average molecular weight is 290 g/mol. The first kappa shape index (κ1) is 13.9. The highest BCUT2D eigenvalue weighted by atomic mass is 35.5. The van der Waals surface area contributed by atoms with Crippen molar-refractivity contribution < 1.29 is 9.47 Å². The zero-order valence-electron chi connectivity index (χ0n) is 10.5. The molecule has 18 heavy (non-hydrogen) atoms. The van der Waals surface area contributed by atoms with Gasteiger partial charge in [-0.3, -0.25) is 0 Å². The lowest BCUT2D eigenvalue weighted by atomic mass is 9.85. The second kappa shape index (κ2) is 6.11. The minimum atomic E-state index is 0.0232. The summed E-state index contributed by atoms with van der Waals surface area (Å²) in [4.78, 5) is 0. The van der Waals surface area contributed by atoms with Gasteiger partial charge in [-0.1, -0.05) is 36.2 Å². The van der Waals surface area contributed by atoms with Gasteiger partial charge in [0.25, 0.3) is 0 Å². The van der Waals surface area contributed by atoms with Crippen LogP contribution in [0, 0.1) is 0 Å². The normalized spacial score (nSPS) is 26.8. The van der Waals surface area contributed by atoms with Gasteiger partial charge in [-0.2, -0.15) is 0 Å². The van der Waals surface area contributed by atoms with Gasteiger partial charge >= 0.3 is 0 Å². The van der Waals surface area contributed by atoms with E-state index < -0.39 is 0 Å². The first-order valence-corrected chi connectivity index (χ1v) is 6.79. The van der Waals surface area contributed by atoms with Crippen molar-refractivity contribution in [2.24, 2.45) is 0 Å². The third kappa shape index (κ3) is 2.75. The molecule has 1 saturated carbocycles. The number of rotatable bonds is 5. The van der Waals surface area contributed by atoms with Crippen molar-refractivity contribution in [2.75, 3.05) is 13.7 Å². The average Bonchev–Trinajstić information content (AvgIpc) is 2.33. The van der Waals surface area contributed by atoms with Gasteiger partial charge in [0, 0.05) is 19.6 Å². The molecule has 0 radical (unpaired) electrons. The molecule has 3 nitrogen and oxygen atoms in total. The van der Waals surface area contributed by atoms with Gasteiger partial charge in [0.05, 0.1) is 5.02 Å². The molecule has 0 aromatic heterocycles. The van der Waals surface area contributed by atoms with Crippen molar-refractivity contribution in [3.8, 4) is 5.75 Å². The van der Waals surface area contributed by atoms with E-state index in [0.29, 0.717) is 21.8 Å². The van der Waals surface area contributed by atoms with Gasteiger partial charge in [-0.15, -0.1) is 0 Å². The Morgan fingerprint density at radius 3 is 2.83 bits per heavy atom. The van der Waals surface area contributed by atoms with E-state index in [1.807, 2.05) is 12.1 Å². The number of nitrogens with one attached hydrogen (secondary N) is 1. The monoisotopic (exact) mass is 289 g/mol. The molecular weight excluding hydrogens is 273 g/mol. The van der Waals surface area contributed by atoms with Crippen LogP contribution in [0.25, 0.3) is 0 Å². The number of likely N-dealkylation sites (N-methyl/N-ethyl adjacent to an activating group) is 1. The maximum atomic E-state index is 6.09. The van der Waals surface area contributed by atoms with E-state index in [2.05, 4.69) is 12.2 Å². The molecule has 2 rings (SSSR count). The minimum Gasteiger partial charge on any atom is -0.486 e. The Bertz CT molecular complexity index is 414. The van der Waals surface area contributed by atoms with Crippen LogP contribution in [-0.2, 0) is 4.74 Å². The molecule has 0 saturated heterocycles. The zero-order chi connectivity index (χ0) is 13.1. The SMILES string of the molecule is CCNC1CC(Oc2cccc(Cl)c2Cl)C1OC. The van der Waals surface area contributed by atoms with Crippen molar-refractivity contribution in [3.63, 3.8) is 0 Å². The van der Waals surface area contributed by atoms with E-state index in [1.54, 1.807) is 13.2 Å². The van der Waals surface area contributed by atoms with Crippen molar-refractivity contribution in [1.82, 2.24) is 5.32 Å². The summed E-state index contributed by atoms with van der Waals surface area (Å²) in [6.07, 6.45) is 0.991. The van der Waals surface area contributed by atoms with Gasteiger partial charge in [-0.05, 0) is 18.7 Å². The number of ether oxygens (including phenoxy) is 2. The molecule has 1 aromatic rings. The van der Waals surface area contributed by atoms with Crippen LogP contribution >= 0.6 is 23.2 Å². The van der Waals surface area contributed by atoms with E-state index in [9.17, 15) is 0 Å². The predicted octanol–water partition coefficient (Wildman–Crippen LogP) is 3.14. The van der Waals surface area contributed by atoms with Gasteiger partial charge < -0.3 is 14.8 Å². The molecule has 1 N–H and O–H groups in total. The van der Waals surface area contributed by atoms with Crippen LogP contribution in [0.15, 0.2) is 18.2 Å². The van der Waals surface area contributed by atoms with Gasteiger partial charge in [0.2, 0.25) is 0 Å². The smallest absolute Gasteiger partial charge is 0.139 e. The topological polar surface area (TPSA) is 30.5 Å². The summed E-state index contributed by atoms with van der Waals surface area (Å²) < 4.78 is 11.3. The Kier molecular flexibility index (Phi) is 4.73. The summed E-state index contributed by atoms with van der Waals surface area (Å²) in [5.41, 5.74) is 0. The summed E-state index contributed by atoms with van der Waals surface area (Å²) in [5.74, 6) is 0.617. The number of hydrogen-bond donors (Lipinski definition) is 1. The fraction of sp³-hybridized carbons (Fsp3) is 0.538. The quantitative estimate of drug-likeness (QED) is 0.903. The Labute approximate surface area is 117 Å². The van der Waals surface area contributed by atoms with Gasteiger partial charge in [0.15, 0.2) is 0 Å². The molecule has 3 unspecified atom stereocenters. The van der Waals surface area contributed by atoms with Crippen molar-refractivity contribution in [2.45, 2.75) is 31.6 Å². The molecule has 0 spiro atoms. The number of benzene rings is 1. The number of hydrogen-bond acceptors (Lipinski definition) is 3. The minimum absolute atomic E-state index is 0.0232. The van der Waals surface area contributed by atoms with E-state index in [-0.39, 0.29) is 12.2 Å². The molecular formula is C13H17Cl2NO2. The standard InChI is InChI=1S/C13H17Cl2NO2/c1-3-16-9-7-11(13(9)17-2)18-10-6-4-5-8(14)12(10)15/h4-6,9,11,13,16H,3,7H2,1-2H3. The lowest BCUT2D eigenvalue weighted by molar-refractivity contribution is -0.0883. The van der Waals surface area contributed by atoms with Crippen molar-refractivity contribution >= 4 is 23.2 Å². The highest BCUT2D eigenvalue weighted by Gasteiger charge is 2.43. The van der Waals surface area contributed by atoms with E-state index in [0.717, 1.165) is 13.0 Å². The fourth-order valence-corrected chi connectivity index (χ4v) is 2.55. The first-order valence-electron chi connectivity index (χ1n) is 6.04. The molecule has 5 heteroatoms. The first-order chi connectivity index (χ1) is 8.67. The molecule has 1 aromatic carbocycles. The van der Waals surface area contributed by atoms with E-state index >= 15 is 0 Å². The maximum Gasteiger partial charge on any atom is 0.139 e. The molecule has 3 atom stereocenters. The van der Waals surface area contributed by atoms with Crippen LogP contribution in [0.5, 0.6) is 5.75 Å². The lowest BCUT2D eigenvalue weighted by Crippen LogP contribution is -2.60. The zero-order valence-corrected chi connectivity index (χ0v) is 12.0. The van der Waals surface area contributed by atoms with Crippen molar-refractivity contribution in [1.29, 1.82) is 0 Å². The molecule has 1 fully saturated rings. The molecule has 0 bridgehead atoms. The molecule has 1 aliphatic carbocycles. The highest BCUT2D eigenvalue weighted by Crippen LogP contribution is 2.35. The van der Waals surface area contributed by atoms with Gasteiger partial charge in [-0.25, -0.2) is 0 Å². The lowest BCUT2D eigenvalue weighted by Gasteiger charge is -2.43. The summed E-state index contributed by atoms with van der Waals surface area (Å²) in [6, 6.07) is 5.74. The molecule has 1 aliphatic rings. The third-order valence-electron chi connectivity index (χ3n) is 3.18. The summed E-state index contributed by atoms with van der Waals surface area (Å²) in [5, 5.41) is 4.33. The third-order valence-corrected chi connectivity index (χ3v) is 3.98. The number of halogens is 2. The highest BCUT2D eigenvalue weighted by molar-refractivity contribution is 6.42. The van der Waals surface area contributed by atoms with Crippen molar-refractivity contribution in [3.05, 3.63) is 28.2 Å². The van der Waals surface area contributed by atoms with Crippen LogP contribution in [0.1, 0.15) is 13.3 Å². The largest absolute Gasteiger partial charge is 0.486 e. The Hall–Kier alpha value is -0.480. The molecule has 100 valence electrons. The van der Waals surface area contributed by atoms with Gasteiger partial charge in [0.1, 0.15) is 23.0 Å². The van der Waals surface area contributed by atoms with Crippen LogP contribution in [0.2, 0.25) is 10.0 Å². The Balaban J connectivity index is 2.00. The van der Waals surface area contributed by atoms with Crippen LogP contribution < -0.4 is 10.1 Å². The Morgan fingerprint density at radius 2 is 2.17 bits per heavy atom. The predicted molar refractivity (Wildman–Crippen MR) is 73.8 cm³/mol. The Morgan fingerprint density at radius 1 is 1.39 bits per heavy atom. The maximum absolute atomic E-state index is 6.09. The van der Waals surface area contributed by atoms with Crippen LogP contribution in [-0.4, -0.2) is 31.9 Å². The fourth-order valence-electron chi connectivity index (χ4n) is 2.21. The molecule has 0 heterocycles. The molecule has 0 amide bonds. The second-order valence-corrected chi connectivity index (χ2v) is 5.09.